The van der Waals surface area contributed by atoms with Crippen molar-refractivity contribution >= 4 is 28.2 Å². The summed E-state index contributed by atoms with van der Waals surface area (Å²) in [7, 11) is -3.38. The van der Waals surface area contributed by atoms with Gasteiger partial charge in [-0.05, 0) is 18.8 Å². The highest BCUT2D eigenvalue weighted by Crippen LogP contribution is 2.29. The quantitative estimate of drug-likeness (QED) is 0.834. The van der Waals surface area contributed by atoms with E-state index in [-0.39, 0.29) is 29.5 Å². The van der Waals surface area contributed by atoms with Crippen molar-refractivity contribution in [2.75, 3.05) is 26.2 Å². The smallest absolute Gasteiger partial charge is 0.241 e. The average Bonchev–Trinajstić information content (AvgIpc) is 2.48. The van der Waals surface area contributed by atoms with Gasteiger partial charge in [0.25, 0.3) is 0 Å². The second-order valence-electron chi connectivity index (χ2n) is 6.59. The molecule has 5 nitrogen and oxygen atoms in total. The third-order valence-corrected chi connectivity index (χ3v) is 7.50. The molecule has 0 aromatic rings. The predicted octanol–water partition coefficient (Wildman–Crippen LogP) is 1.61. The van der Waals surface area contributed by atoms with E-state index in [9.17, 15) is 13.2 Å². The second-order valence-corrected chi connectivity index (χ2v) is 8.94. The number of amides is 1. The number of carbonyl (C=O) groups excluding carboxylic acids is 1. The summed E-state index contributed by atoms with van der Waals surface area (Å²) in [5.74, 6) is -0.351. The number of nitrogens with zero attached hydrogens (tertiary/aromatic N) is 1. The van der Waals surface area contributed by atoms with Gasteiger partial charge in [0, 0.05) is 26.2 Å². The molecule has 1 heterocycles. The first-order chi connectivity index (χ1) is 9.94. The van der Waals surface area contributed by atoms with Gasteiger partial charge in [-0.1, -0.05) is 33.1 Å². The van der Waals surface area contributed by atoms with E-state index < -0.39 is 15.1 Å². The number of hydrogen-bond donors (Lipinski definition) is 1. The summed E-state index contributed by atoms with van der Waals surface area (Å²) in [6.07, 6.45) is 4.50. The third-order valence-electron chi connectivity index (χ3n) is 4.65. The van der Waals surface area contributed by atoms with Gasteiger partial charge in [0.2, 0.25) is 5.91 Å². The van der Waals surface area contributed by atoms with Crippen molar-refractivity contribution in [2.24, 2.45) is 5.92 Å². The van der Waals surface area contributed by atoms with Crippen LogP contribution in [0.4, 0.5) is 0 Å². The molecule has 2 fully saturated rings. The first kappa shape index (κ1) is 19.7. The number of rotatable bonds is 4. The molecule has 0 bridgehead atoms. The highest BCUT2D eigenvalue weighted by atomic mass is 35.5. The number of piperazine rings is 1. The lowest BCUT2D eigenvalue weighted by atomic mass is 10.0. The first-order valence-electron chi connectivity index (χ1n) is 8.17. The van der Waals surface area contributed by atoms with Gasteiger partial charge in [0.1, 0.15) is 5.25 Å². The van der Waals surface area contributed by atoms with Crippen LogP contribution < -0.4 is 5.32 Å². The van der Waals surface area contributed by atoms with Crippen molar-refractivity contribution in [3.8, 4) is 0 Å². The number of nitrogens with one attached hydrogen (secondary N) is 1. The fraction of sp³-hybridized carbons (Fsp3) is 0.933. The number of halogens is 1. The number of carbonyl (C=O) groups is 1. The van der Waals surface area contributed by atoms with Gasteiger partial charge in [0.15, 0.2) is 9.84 Å². The molecule has 1 atom stereocenters. The zero-order chi connectivity index (χ0) is 15.5. The molecule has 1 amide bonds. The number of sulfone groups is 1. The predicted molar refractivity (Wildman–Crippen MR) is 91.1 cm³/mol. The molecule has 0 aromatic carbocycles. The molecular weight excluding hydrogens is 324 g/mol. The van der Waals surface area contributed by atoms with Crippen molar-refractivity contribution in [3.63, 3.8) is 0 Å². The van der Waals surface area contributed by atoms with Crippen molar-refractivity contribution < 1.29 is 13.2 Å². The van der Waals surface area contributed by atoms with Crippen LogP contribution in [-0.4, -0.2) is 55.9 Å². The fourth-order valence-corrected chi connectivity index (χ4v) is 6.07. The third kappa shape index (κ3) is 4.36. The van der Waals surface area contributed by atoms with Crippen LogP contribution >= 0.6 is 12.4 Å². The maximum absolute atomic E-state index is 12.9. The lowest BCUT2D eigenvalue weighted by molar-refractivity contribution is -0.132. The van der Waals surface area contributed by atoms with Gasteiger partial charge in [-0.3, -0.25) is 4.79 Å². The Morgan fingerprint density at radius 2 is 1.64 bits per heavy atom. The van der Waals surface area contributed by atoms with Crippen molar-refractivity contribution in [3.05, 3.63) is 0 Å². The van der Waals surface area contributed by atoms with Crippen LogP contribution in [0.2, 0.25) is 0 Å². The molecule has 1 aliphatic carbocycles. The van der Waals surface area contributed by atoms with Crippen LogP contribution in [0.1, 0.15) is 46.0 Å². The molecule has 2 aliphatic rings. The van der Waals surface area contributed by atoms with Gasteiger partial charge in [0.05, 0.1) is 5.25 Å². The van der Waals surface area contributed by atoms with Crippen LogP contribution in [0.3, 0.4) is 0 Å². The zero-order valence-electron chi connectivity index (χ0n) is 13.6. The summed E-state index contributed by atoms with van der Waals surface area (Å²) in [5.41, 5.74) is 0. The summed E-state index contributed by atoms with van der Waals surface area (Å²) < 4.78 is 25.9. The zero-order valence-corrected chi connectivity index (χ0v) is 15.2. The normalized spacial score (nSPS) is 22.2. The van der Waals surface area contributed by atoms with Gasteiger partial charge in [-0.25, -0.2) is 8.42 Å². The molecular formula is C15H29ClN2O3S. The Morgan fingerprint density at radius 3 is 2.14 bits per heavy atom. The molecule has 0 aromatic heterocycles. The summed E-state index contributed by atoms with van der Waals surface area (Å²) >= 11 is 0. The van der Waals surface area contributed by atoms with E-state index in [1.54, 1.807) is 4.90 Å². The van der Waals surface area contributed by atoms with E-state index in [4.69, 9.17) is 0 Å². The summed E-state index contributed by atoms with van der Waals surface area (Å²) in [6, 6.07) is 0. The minimum absolute atomic E-state index is 0. The lowest BCUT2D eigenvalue weighted by Crippen LogP contribution is -2.54. The van der Waals surface area contributed by atoms with Crippen LogP contribution in [0.15, 0.2) is 0 Å². The number of hydrogen-bond acceptors (Lipinski definition) is 4. The minimum Gasteiger partial charge on any atom is -0.339 e. The van der Waals surface area contributed by atoms with Crippen LogP contribution in [0, 0.1) is 5.92 Å². The molecule has 1 saturated heterocycles. The Bertz CT molecular complexity index is 455. The van der Waals surface area contributed by atoms with Gasteiger partial charge in [-0.15, -0.1) is 12.4 Å². The van der Waals surface area contributed by atoms with Gasteiger partial charge < -0.3 is 10.2 Å². The minimum atomic E-state index is -3.38. The lowest BCUT2D eigenvalue weighted by Gasteiger charge is -2.34. The topological polar surface area (TPSA) is 66.5 Å². The molecule has 2 rings (SSSR count). The Balaban J connectivity index is 0.00000242. The van der Waals surface area contributed by atoms with E-state index in [1.807, 2.05) is 13.8 Å². The Kier molecular flexibility index (Phi) is 7.62. The molecule has 0 spiro atoms. The molecule has 1 aliphatic heterocycles. The van der Waals surface area contributed by atoms with E-state index in [1.165, 1.54) is 0 Å². The van der Waals surface area contributed by atoms with Crippen molar-refractivity contribution in [1.29, 1.82) is 0 Å². The largest absolute Gasteiger partial charge is 0.339 e. The van der Waals surface area contributed by atoms with Gasteiger partial charge in [-0.2, -0.15) is 0 Å². The average molecular weight is 353 g/mol. The molecule has 0 radical (unpaired) electrons. The van der Waals surface area contributed by atoms with E-state index in [0.29, 0.717) is 13.1 Å². The highest BCUT2D eigenvalue weighted by molar-refractivity contribution is 7.93. The molecule has 130 valence electrons. The van der Waals surface area contributed by atoms with E-state index in [2.05, 4.69) is 5.32 Å². The SMILES string of the molecule is CC(C)C(C(=O)N1CCNCC1)S(=O)(=O)C1CCCCC1.Cl. The molecule has 1 saturated carbocycles. The summed E-state index contributed by atoms with van der Waals surface area (Å²) in [4.78, 5) is 14.5. The van der Waals surface area contributed by atoms with Crippen LogP contribution in [0.5, 0.6) is 0 Å². The highest BCUT2D eigenvalue weighted by Gasteiger charge is 2.42. The van der Waals surface area contributed by atoms with Crippen LogP contribution in [0.25, 0.3) is 0 Å². The summed E-state index contributed by atoms with van der Waals surface area (Å²) in [6.45, 7) is 6.43. The van der Waals surface area contributed by atoms with E-state index >= 15 is 0 Å². The van der Waals surface area contributed by atoms with E-state index in [0.717, 1.165) is 45.2 Å². The Morgan fingerprint density at radius 1 is 1.09 bits per heavy atom. The van der Waals surface area contributed by atoms with Crippen molar-refractivity contribution in [1.82, 2.24) is 10.2 Å². The standard InChI is InChI=1S/C15H28N2O3S.ClH/c1-12(2)14(15(18)17-10-8-16-9-11-17)21(19,20)13-6-4-3-5-7-13;/h12-14,16H,3-11H2,1-2H3;1H. The van der Waals surface area contributed by atoms with Crippen molar-refractivity contribution in [2.45, 2.75) is 56.5 Å². The van der Waals surface area contributed by atoms with Gasteiger partial charge >= 0.3 is 0 Å². The first-order valence-corrected chi connectivity index (χ1v) is 9.77. The molecule has 1 unspecified atom stereocenters. The second kappa shape index (κ2) is 8.50. The maximum atomic E-state index is 12.9. The Labute approximate surface area is 140 Å². The molecule has 1 N–H and O–H groups in total. The summed E-state index contributed by atoms with van der Waals surface area (Å²) in [5, 5.41) is 2.02. The fourth-order valence-electron chi connectivity index (χ4n) is 3.47. The van der Waals surface area contributed by atoms with Crippen LogP contribution in [-0.2, 0) is 14.6 Å². The monoisotopic (exact) mass is 352 g/mol. The maximum Gasteiger partial charge on any atom is 0.241 e. The Hall–Kier alpha value is -0.330. The molecule has 22 heavy (non-hydrogen) atoms. The molecule has 7 heteroatoms.